The van der Waals surface area contributed by atoms with Crippen LogP contribution in [-0.4, -0.2) is 67.3 Å². The largest absolute Gasteiger partial charge is 0.530 e. The van der Waals surface area contributed by atoms with E-state index < -0.39 is 68.0 Å². The zero-order chi connectivity index (χ0) is 28.1. The second kappa shape index (κ2) is 12.0. The summed E-state index contributed by atoms with van der Waals surface area (Å²) in [7, 11) is -4.58. The molecule has 1 saturated heterocycles. The standard InChI is InChI=1S/C23H28N3O11P/c1-5-11-23(31)18(27)17(35-20(23)26-13-24-21(29)25-22(26)30)12-33-38(32,37-16-9-7-6-8-10-16)36-15(4)19(28)34-14(2)3/h6-10,13-15,17-18,20,27,31H,12H2,1-4H3,(H,25,29,30)/t15-,17+,18?,20+,23+,38-/m0/s1. The van der Waals surface area contributed by atoms with Gasteiger partial charge in [-0.1, -0.05) is 24.1 Å². The number of phosphoric ester groups is 1. The molecule has 0 radical (unpaired) electrons. The van der Waals surface area contributed by atoms with Crippen molar-refractivity contribution in [3.05, 3.63) is 57.6 Å². The first-order valence-corrected chi connectivity index (χ1v) is 12.9. The minimum atomic E-state index is -4.58. The normalized spacial score (nSPS) is 25.2. The zero-order valence-corrected chi connectivity index (χ0v) is 21.9. The van der Waals surface area contributed by atoms with Crippen molar-refractivity contribution < 1.29 is 42.6 Å². The molecule has 6 atom stereocenters. The van der Waals surface area contributed by atoms with Gasteiger partial charge in [0.2, 0.25) is 0 Å². The molecule has 1 aromatic heterocycles. The van der Waals surface area contributed by atoms with E-state index >= 15 is 0 Å². The zero-order valence-electron chi connectivity index (χ0n) is 21.0. The van der Waals surface area contributed by atoms with Crippen LogP contribution in [0.1, 0.15) is 33.9 Å². The fraction of sp³-hybridized carbons (Fsp3) is 0.478. The lowest BCUT2D eigenvalue weighted by molar-refractivity contribution is -0.156. The number of rotatable bonds is 10. The lowest BCUT2D eigenvalue weighted by Crippen LogP contribution is -2.48. The number of ether oxygens (including phenoxy) is 2. The molecule has 3 rings (SSSR count). The molecule has 206 valence electrons. The second-order valence-corrected chi connectivity index (χ2v) is 9.99. The van der Waals surface area contributed by atoms with Crippen LogP contribution in [0, 0.1) is 11.8 Å². The Morgan fingerprint density at radius 3 is 2.58 bits per heavy atom. The highest BCUT2D eigenvalue weighted by molar-refractivity contribution is 7.49. The Balaban J connectivity index is 1.86. The Hall–Kier alpha value is -3.31. The number of hydrogen-bond donors (Lipinski definition) is 3. The van der Waals surface area contributed by atoms with Crippen molar-refractivity contribution in [3.63, 3.8) is 0 Å². The van der Waals surface area contributed by atoms with Crippen molar-refractivity contribution in [3.8, 4) is 17.6 Å². The van der Waals surface area contributed by atoms with E-state index in [2.05, 4.69) is 16.8 Å². The number of nitrogens with zero attached hydrogens (tertiary/aromatic N) is 2. The summed E-state index contributed by atoms with van der Waals surface area (Å²) in [6.45, 7) is 5.22. The molecule has 2 aromatic rings. The van der Waals surface area contributed by atoms with Crippen molar-refractivity contribution in [2.24, 2.45) is 0 Å². The van der Waals surface area contributed by atoms with E-state index in [0.29, 0.717) is 0 Å². The predicted molar refractivity (Wildman–Crippen MR) is 130 cm³/mol. The molecule has 3 N–H and O–H groups in total. The number of carbonyl (C=O) groups excluding carboxylic acids is 1. The lowest BCUT2D eigenvalue weighted by Gasteiger charge is -2.26. The van der Waals surface area contributed by atoms with Gasteiger partial charge >= 0.3 is 25.2 Å². The molecule has 1 aromatic carbocycles. The minimum Gasteiger partial charge on any atom is -0.461 e. The van der Waals surface area contributed by atoms with Gasteiger partial charge in [0.05, 0.1) is 12.7 Å². The van der Waals surface area contributed by atoms with Gasteiger partial charge < -0.3 is 24.2 Å². The fourth-order valence-corrected chi connectivity index (χ4v) is 4.80. The number of hydrogen-bond acceptors (Lipinski definition) is 12. The van der Waals surface area contributed by atoms with Crippen LogP contribution in [0.15, 0.2) is 46.2 Å². The van der Waals surface area contributed by atoms with Crippen LogP contribution in [0.4, 0.5) is 0 Å². The topological polar surface area (TPSA) is 188 Å². The van der Waals surface area contributed by atoms with Crippen LogP contribution in [0.3, 0.4) is 0 Å². The third-order valence-corrected chi connectivity index (χ3v) is 6.61. The van der Waals surface area contributed by atoms with Gasteiger partial charge in [0, 0.05) is 0 Å². The van der Waals surface area contributed by atoms with Crippen molar-refractivity contribution in [1.29, 1.82) is 0 Å². The van der Waals surface area contributed by atoms with Crippen molar-refractivity contribution in [1.82, 2.24) is 14.5 Å². The van der Waals surface area contributed by atoms with Gasteiger partial charge in [-0.25, -0.2) is 18.9 Å². The fourth-order valence-electron chi connectivity index (χ4n) is 3.46. The highest BCUT2D eigenvalue weighted by Gasteiger charge is 2.56. The average molecular weight is 553 g/mol. The molecule has 0 aliphatic carbocycles. The summed E-state index contributed by atoms with van der Waals surface area (Å²) in [5, 5.41) is 22.0. The molecule has 14 nitrogen and oxygen atoms in total. The molecule has 1 fully saturated rings. The summed E-state index contributed by atoms with van der Waals surface area (Å²) in [4.78, 5) is 41.3. The van der Waals surface area contributed by atoms with E-state index in [1.165, 1.54) is 26.0 Å². The maximum atomic E-state index is 13.6. The van der Waals surface area contributed by atoms with Gasteiger partial charge in [-0.3, -0.25) is 18.6 Å². The molecule has 0 bridgehead atoms. The highest BCUT2D eigenvalue weighted by atomic mass is 31.2. The predicted octanol–water partition coefficient (Wildman–Crippen LogP) is 0.505. The molecular formula is C23H28N3O11P. The van der Waals surface area contributed by atoms with Crippen LogP contribution in [0.2, 0.25) is 0 Å². The quantitative estimate of drug-likeness (QED) is 0.210. The smallest absolute Gasteiger partial charge is 0.461 e. The van der Waals surface area contributed by atoms with Crippen LogP contribution in [-0.2, 0) is 27.9 Å². The van der Waals surface area contributed by atoms with Gasteiger partial charge in [-0.05, 0) is 39.8 Å². The second-order valence-electron chi connectivity index (χ2n) is 8.44. The molecule has 0 spiro atoms. The average Bonchev–Trinajstić information content (AvgIpc) is 3.08. The number of H-pyrrole nitrogens is 1. The first-order chi connectivity index (χ1) is 17.9. The SMILES string of the molecule is CC#C[C@@]1(O)C(O)[C@@H](CO[P@](=O)(Oc2ccccc2)O[C@@H](C)C(=O)OC(C)C)O[C@H]1n1cnc(=O)[nH]c1=O. The van der Waals surface area contributed by atoms with E-state index in [4.69, 9.17) is 23.0 Å². The Morgan fingerprint density at radius 2 is 1.97 bits per heavy atom. The van der Waals surface area contributed by atoms with Crippen LogP contribution in [0.25, 0.3) is 0 Å². The highest BCUT2D eigenvalue weighted by Crippen LogP contribution is 2.51. The summed E-state index contributed by atoms with van der Waals surface area (Å²) >= 11 is 0. The van der Waals surface area contributed by atoms with Gasteiger partial charge in [-0.2, -0.15) is 4.98 Å². The van der Waals surface area contributed by atoms with Crippen LogP contribution in [0.5, 0.6) is 5.75 Å². The number of aromatic nitrogens is 3. The first kappa shape index (κ1) is 29.2. The minimum absolute atomic E-state index is 0.0882. The number of aliphatic hydroxyl groups excluding tert-OH is 1. The maximum Gasteiger partial charge on any atom is 0.530 e. The van der Waals surface area contributed by atoms with Crippen molar-refractivity contribution in [2.75, 3.05) is 6.61 Å². The van der Waals surface area contributed by atoms with Gasteiger partial charge in [0.15, 0.2) is 17.9 Å². The third kappa shape index (κ3) is 6.76. The summed E-state index contributed by atoms with van der Waals surface area (Å²) in [6, 6.07) is 7.83. The Kier molecular flexibility index (Phi) is 9.26. The molecule has 2 heterocycles. The number of carbonyl (C=O) groups is 1. The molecule has 15 heteroatoms. The maximum absolute atomic E-state index is 13.6. The number of aliphatic hydroxyl groups is 2. The summed E-state index contributed by atoms with van der Waals surface area (Å²) in [6.07, 6.45) is -5.88. The molecule has 1 unspecified atom stereocenters. The Bertz CT molecular complexity index is 1350. The third-order valence-electron chi connectivity index (χ3n) is 5.14. The van der Waals surface area contributed by atoms with Crippen molar-refractivity contribution in [2.45, 2.75) is 63.9 Å². The molecule has 0 saturated carbocycles. The molecule has 1 aliphatic heterocycles. The van der Waals surface area contributed by atoms with E-state index in [1.54, 1.807) is 32.0 Å². The molecule has 1 aliphatic rings. The monoisotopic (exact) mass is 553 g/mol. The number of phosphoric acid groups is 1. The Morgan fingerprint density at radius 1 is 1.29 bits per heavy atom. The Labute approximate surface area is 217 Å². The lowest BCUT2D eigenvalue weighted by atomic mass is 9.94. The van der Waals surface area contributed by atoms with E-state index in [1.807, 2.05) is 4.98 Å². The van der Waals surface area contributed by atoms with E-state index in [-0.39, 0.29) is 5.75 Å². The number of para-hydroxylation sites is 1. The van der Waals surface area contributed by atoms with Gasteiger partial charge in [-0.15, -0.1) is 5.92 Å². The van der Waals surface area contributed by atoms with E-state index in [0.717, 1.165) is 10.9 Å². The summed E-state index contributed by atoms with van der Waals surface area (Å²) in [5.74, 6) is 4.11. The molecular weight excluding hydrogens is 525 g/mol. The first-order valence-electron chi connectivity index (χ1n) is 11.4. The number of esters is 1. The number of benzene rings is 1. The van der Waals surface area contributed by atoms with Crippen LogP contribution >= 0.6 is 7.82 Å². The number of nitrogens with one attached hydrogen (secondary N) is 1. The molecule has 0 amide bonds. The number of aromatic amines is 1. The van der Waals surface area contributed by atoms with Crippen molar-refractivity contribution >= 4 is 13.8 Å². The van der Waals surface area contributed by atoms with Gasteiger partial charge in [0.1, 0.15) is 24.3 Å². The van der Waals surface area contributed by atoms with Gasteiger partial charge in [0.25, 0.3) is 0 Å². The summed E-state index contributed by atoms with van der Waals surface area (Å²) in [5.41, 5.74) is -4.28. The van der Waals surface area contributed by atoms with E-state index in [9.17, 15) is 29.2 Å². The molecule has 38 heavy (non-hydrogen) atoms. The summed E-state index contributed by atoms with van der Waals surface area (Å²) < 4.78 is 41.2. The van der Waals surface area contributed by atoms with Crippen LogP contribution < -0.4 is 15.9 Å².